The Kier molecular flexibility index (Phi) is 3.54. The molecule has 4 aromatic rings. The highest BCUT2D eigenvalue weighted by Crippen LogP contribution is 2.21. The lowest BCUT2D eigenvalue weighted by Crippen LogP contribution is -2.13. The number of thiazole rings is 1. The normalized spacial score (nSPS) is 12.2. The zero-order valence-corrected chi connectivity index (χ0v) is 14.3. The highest BCUT2D eigenvalue weighted by molar-refractivity contribution is 7.16. The number of aryl methyl sites for hydroxylation is 2. The first-order chi connectivity index (χ1) is 11.6. The van der Waals surface area contributed by atoms with Crippen molar-refractivity contribution in [2.75, 3.05) is 0 Å². The van der Waals surface area contributed by atoms with Crippen LogP contribution in [-0.2, 0) is 7.05 Å². The summed E-state index contributed by atoms with van der Waals surface area (Å²) >= 11 is 1.54. The minimum Gasteiger partial charge on any atom is -0.319 e. The number of fused-ring (bicyclic) bond motifs is 2. The number of carbonyl (C=O) groups is 1. The first kappa shape index (κ1) is 14.8. The van der Waals surface area contributed by atoms with Crippen LogP contribution in [0.3, 0.4) is 0 Å². The van der Waals surface area contributed by atoms with Crippen molar-refractivity contribution in [3.8, 4) is 0 Å². The Morgan fingerprint density at radius 1 is 1.00 bits per heavy atom. The van der Waals surface area contributed by atoms with Gasteiger partial charge in [0.2, 0.25) is 0 Å². The number of aromatic nitrogens is 1. The molecule has 3 aromatic carbocycles. The lowest BCUT2D eigenvalue weighted by Gasteiger charge is -2.02. The van der Waals surface area contributed by atoms with Crippen molar-refractivity contribution in [2.45, 2.75) is 6.92 Å². The van der Waals surface area contributed by atoms with Crippen LogP contribution in [0, 0.1) is 6.92 Å². The Morgan fingerprint density at radius 2 is 1.75 bits per heavy atom. The summed E-state index contributed by atoms with van der Waals surface area (Å²) in [5.74, 6) is -0.202. The predicted octanol–water partition coefficient (Wildman–Crippen LogP) is 4.44. The topological polar surface area (TPSA) is 34.4 Å². The van der Waals surface area contributed by atoms with E-state index in [1.807, 2.05) is 60.1 Å². The number of amides is 1. The highest BCUT2D eigenvalue weighted by Gasteiger charge is 2.11. The second-order valence-corrected chi connectivity index (χ2v) is 6.82. The Bertz CT molecular complexity index is 1150. The Balaban J connectivity index is 1.91. The molecule has 0 spiro atoms. The van der Waals surface area contributed by atoms with Gasteiger partial charge in [-0.2, -0.15) is 4.99 Å². The van der Waals surface area contributed by atoms with Gasteiger partial charge in [-0.3, -0.25) is 4.79 Å². The van der Waals surface area contributed by atoms with E-state index in [0.29, 0.717) is 5.56 Å². The fourth-order valence-corrected chi connectivity index (χ4v) is 4.16. The first-order valence-corrected chi connectivity index (χ1v) is 8.59. The molecule has 1 aromatic heterocycles. The summed E-state index contributed by atoms with van der Waals surface area (Å²) in [6.45, 7) is 2.07. The van der Waals surface area contributed by atoms with Crippen LogP contribution in [0.1, 0.15) is 15.9 Å². The Morgan fingerprint density at radius 3 is 2.58 bits per heavy atom. The third-order valence-electron chi connectivity index (χ3n) is 4.24. The lowest BCUT2D eigenvalue weighted by molar-refractivity contribution is 0.0999. The molecular formula is C20H16N2OS. The van der Waals surface area contributed by atoms with Crippen LogP contribution in [0.4, 0.5) is 0 Å². The van der Waals surface area contributed by atoms with Crippen LogP contribution in [-0.4, -0.2) is 10.5 Å². The molecule has 0 atom stereocenters. The van der Waals surface area contributed by atoms with E-state index < -0.39 is 0 Å². The molecule has 3 nitrogen and oxygen atoms in total. The maximum atomic E-state index is 12.8. The van der Waals surface area contributed by atoms with Crippen LogP contribution in [0.2, 0.25) is 0 Å². The van der Waals surface area contributed by atoms with Crippen molar-refractivity contribution < 1.29 is 4.79 Å². The molecule has 4 heteroatoms. The van der Waals surface area contributed by atoms with Gasteiger partial charge in [-0.15, -0.1) is 0 Å². The van der Waals surface area contributed by atoms with E-state index in [1.54, 1.807) is 11.3 Å². The fourth-order valence-electron chi connectivity index (χ4n) is 3.06. The van der Waals surface area contributed by atoms with E-state index in [-0.39, 0.29) is 5.91 Å². The summed E-state index contributed by atoms with van der Waals surface area (Å²) in [7, 11) is 1.96. The van der Waals surface area contributed by atoms with Gasteiger partial charge in [0.05, 0.1) is 10.2 Å². The molecule has 4 rings (SSSR count). The smallest absolute Gasteiger partial charge is 0.280 e. The number of rotatable bonds is 1. The van der Waals surface area contributed by atoms with Crippen LogP contribution in [0.25, 0.3) is 21.0 Å². The van der Waals surface area contributed by atoms with Gasteiger partial charge in [0.25, 0.3) is 5.91 Å². The summed E-state index contributed by atoms with van der Waals surface area (Å²) < 4.78 is 3.14. The van der Waals surface area contributed by atoms with Gasteiger partial charge in [-0.1, -0.05) is 59.9 Å². The summed E-state index contributed by atoms with van der Waals surface area (Å²) in [5.41, 5.74) is 2.96. The summed E-state index contributed by atoms with van der Waals surface area (Å²) in [6.07, 6.45) is 0. The second-order valence-electron chi connectivity index (χ2n) is 5.81. The molecule has 1 heterocycles. The number of hydrogen-bond donors (Lipinski definition) is 0. The monoisotopic (exact) mass is 332 g/mol. The number of para-hydroxylation sites is 1. The van der Waals surface area contributed by atoms with Crippen LogP contribution >= 0.6 is 11.3 Å². The fraction of sp³-hybridized carbons (Fsp3) is 0.100. The molecule has 24 heavy (non-hydrogen) atoms. The van der Waals surface area contributed by atoms with Gasteiger partial charge in [0, 0.05) is 12.6 Å². The van der Waals surface area contributed by atoms with Gasteiger partial charge in [-0.05, 0) is 35.4 Å². The molecule has 0 saturated heterocycles. The summed E-state index contributed by atoms with van der Waals surface area (Å²) in [6, 6.07) is 19.8. The van der Waals surface area contributed by atoms with Crippen molar-refractivity contribution in [3.05, 3.63) is 76.6 Å². The largest absolute Gasteiger partial charge is 0.319 e. The van der Waals surface area contributed by atoms with Gasteiger partial charge < -0.3 is 4.57 Å². The standard InChI is InChI=1S/C20H16N2OS/c1-13-7-5-12-17-18(13)22(2)20(24-17)21-19(23)16-11-6-9-14-8-3-4-10-15(14)16/h3-12H,1-2H3. The van der Waals surface area contributed by atoms with E-state index >= 15 is 0 Å². The Hall–Kier alpha value is -2.72. The highest BCUT2D eigenvalue weighted by atomic mass is 32.1. The predicted molar refractivity (Wildman–Crippen MR) is 99.4 cm³/mol. The van der Waals surface area contributed by atoms with Gasteiger partial charge in [0.15, 0.2) is 4.80 Å². The molecule has 0 N–H and O–H groups in total. The molecule has 1 amide bonds. The minimum atomic E-state index is -0.202. The molecule has 0 aliphatic carbocycles. The second kappa shape index (κ2) is 5.73. The number of carbonyl (C=O) groups excluding carboxylic acids is 1. The number of hydrogen-bond acceptors (Lipinski definition) is 2. The van der Waals surface area contributed by atoms with Gasteiger partial charge in [0.1, 0.15) is 0 Å². The van der Waals surface area contributed by atoms with Crippen LogP contribution < -0.4 is 4.80 Å². The van der Waals surface area contributed by atoms with Crippen molar-refractivity contribution in [1.29, 1.82) is 0 Å². The van der Waals surface area contributed by atoms with Crippen molar-refractivity contribution in [1.82, 2.24) is 4.57 Å². The summed E-state index contributed by atoms with van der Waals surface area (Å²) in [5, 5.41) is 1.99. The van der Waals surface area contributed by atoms with E-state index in [0.717, 1.165) is 25.8 Å². The molecular weight excluding hydrogens is 316 g/mol. The van der Waals surface area contributed by atoms with Gasteiger partial charge in [-0.25, -0.2) is 0 Å². The number of nitrogens with zero attached hydrogens (tertiary/aromatic N) is 2. The zero-order chi connectivity index (χ0) is 16.7. The molecule has 0 bridgehead atoms. The molecule has 0 aliphatic heterocycles. The van der Waals surface area contributed by atoms with Crippen molar-refractivity contribution in [3.63, 3.8) is 0 Å². The van der Waals surface area contributed by atoms with Crippen molar-refractivity contribution >= 4 is 38.2 Å². The third-order valence-corrected chi connectivity index (χ3v) is 5.34. The van der Waals surface area contributed by atoms with E-state index in [4.69, 9.17) is 0 Å². The SMILES string of the molecule is Cc1cccc2sc(=NC(=O)c3cccc4ccccc34)n(C)c12. The molecule has 0 saturated carbocycles. The molecule has 0 aliphatic rings. The van der Waals surface area contributed by atoms with Crippen molar-refractivity contribution in [2.24, 2.45) is 12.0 Å². The molecule has 0 radical (unpaired) electrons. The van der Waals surface area contributed by atoms with E-state index in [9.17, 15) is 4.79 Å². The zero-order valence-electron chi connectivity index (χ0n) is 13.5. The molecule has 0 fully saturated rings. The van der Waals surface area contributed by atoms with Gasteiger partial charge >= 0.3 is 0 Å². The minimum absolute atomic E-state index is 0.202. The van der Waals surface area contributed by atoms with Crippen LogP contribution in [0.15, 0.2) is 65.7 Å². The molecule has 118 valence electrons. The van der Waals surface area contributed by atoms with E-state index in [1.165, 1.54) is 5.56 Å². The maximum absolute atomic E-state index is 12.8. The maximum Gasteiger partial charge on any atom is 0.280 e. The quantitative estimate of drug-likeness (QED) is 0.507. The summed E-state index contributed by atoms with van der Waals surface area (Å²) in [4.78, 5) is 17.9. The van der Waals surface area contributed by atoms with E-state index in [2.05, 4.69) is 24.0 Å². The first-order valence-electron chi connectivity index (χ1n) is 7.77. The molecule has 0 unspecified atom stereocenters. The number of benzene rings is 3. The Labute approximate surface area is 143 Å². The lowest BCUT2D eigenvalue weighted by atomic mass is 10.0. The average molecular weight is 332 g/mol. The van der Waals surface area contributed by atoms with Crippen LogP contribution in [0.5, 0.6) is 0 Å². The average Bonchev–Trinajstić information content (AvgIpc) is 2.91. The third kappa shape index (κ3) is 2.36.